The Morgan fingerprint density at radius 2 is 1.62 bits per heavy atom. The quantitative estimate of drug-likeness (QED) is 0.537. The van der Waals surface area contributed by atoms with Crippen LogP contribution in [0.4, 0.5) is 0 Å². The average Bonchev–Trinajstić information content (AvgIpc) is 3.32. The zero-order valence-electron chi connectivity index (χ0n) is 18.2. The van der Waals surface area contributed by atoms with Crippen LogP contribution < -0.4 is 10.3 Å². The number of aryl methyl sites for hydroxylation is 1. The van der Waals surface area contributed by atoms with Crippen LogP contribution in [0.2, 0.25) is 0 Å². The van der Waals surface area contributed by atoms with Gasteiger partial charge >= 0.3 is 0 Å². The van der Waals surface area contributed by atoms with Gasteiger partial charge in [-0.3, -0.25) is 10.2 Å². The first kappa shape index (κ1) is 24.4. The maximum absolute atomic E-state index is 12.7. The van der Waals surface area contributed by atoms with Crippen molar-refractivity contribution in [1.82, 2.24) is 14.6 Å². The third-order valence-electron chi connectivity index (χ3n) is 5.34. The molecule has 0 radical (unpaired) electrons. The number of hydrogen-bond donors (Lipinski definition) is 2. The number of hydrogen-bond acceptors (Lipinski definition) is 5. The molecule has 2 aromatic rings. The molecule has 0 aliphatic carbocycles. The topological polar surface area (TPSA) is 113 Å². The van der Waals surface area contributed by atoms with Crippen LogP contribution in [0.15, 0.2) is 58.3 Å². The fourth-order valence-corrected chi connectivity index (χ4v) is 5.81. The molecule has 1 aliphatic heterocycles. The lowest BCUT2D eigenvalue weighted by atomic mass is 10.0. The highest BCUT2D eigenvalue weighted by molar-refractivity contribution is 7.89. The molecule has 8 nitrogen and oxygen atoms in total. The predicted octanol–water partition coefficient (Wildman–Crippen LogP) is 2.68. The first-order valence-electron chi connectivity index (χ1n) is 10.6. The minimum Gasteiger partial charge on any atom is -0.273 e. The van der Waals surface area contributed by atoms with Crippen molar-refractivity contribution in [2.24, 2.45) is 5.92 Å². The van der Waals surface area contributed by atoms with Crippen LogP contribution in [0.1, 0.15) is 49.0 Å². The Balaban J connectivity index is 1.66. The van der Waals surface area contributed by atoms with Gasteiger partial charge in [-0.25, -0.2) is 16.8 Å². The molecule has 0 bridgehead atoms. The number of rotatable bonds is 9. The van der Waals surface area contributed by atoms with E-state index < -0.39 is 26.0 Å². The molecule has 0 spiro atoms. The van der Waals surface area contributed by atoms with E-state index in [1.54, 1.807) is 12.1 Å². The highest BCUT2D eigenvalue weighted by Crippen LogP contribution is 2.21. The van der Waals surface area contributed by atoms with Crippen LogP contribution in [0.5, 0.6) is 0 Å². The minimum absolute atomic E-state index is 0.00638. The molecule has 0 atom stereocenters. The van der Waals surface area contributed by atoms with Gasteiger partial charge in [-0.1, -0.05) is 32.0 Å². The van der Waals surface area contributed by atoms with Crippen molar-refractivity contribution in [3.63, 3.8) is 0 Å². The molecule has 2 N–H and O–H groups in total. The van der Waals surface area contributed by atoms with E-state index in [9.17, 15) is 21.6 Å². The second-order valence-corrected chi connectivity index (χ2v) is 11.9. The lowest BCUT2D eigenvalue weighted by Gasteiger charge is -2.16. The molecule has 3 rings (SSSR count). The van der Waals surface area contributed by atoms with Crippen molar-refractivity contribution < 1.29 is 21.6 Å². The Hall–Kier alpha value is -2.27. The molecule has 2 aromatic carbocycles. The van der Waals surface area contributed by atoms with E-state index in [0.717, 1.165) is 31.2 Å². The van der Waals surface area contributed by atoms with Gasteiger partial charge in [0.25, 0.3) is 15.9 Å². The summed E-state index contributed by atoms with van der Waals surface area (Å²) >= 11 is 0. The number of sulfonamides is 2. The Morgan fingerprint density at radius 1 is 0.969 bits per heavy atom. The van der Waals surface area contributed by atoms with Crippen molar-refractivity contribution in [3.05, 3.63) is 59.7 Å². The third kappa shape index (κ3) is 5.94. The van der Waals surface area contributed by atoms with Crippen LogP contribution in [-0.4, -0.2) is 40.1 Å². The molecule has 174 valence electrons. The summed E-state index contributed by atoms with van der Waals surface area (Å²) in [5.74, 6) is -0.195. The van der Waals surface area contributed by atoms with Crippen LogP contribution in [0.3, 0.4) is 0 Å². The molecule has 32 heavy (non-hydrogen) atoms. The maximum atomic E-state index is 12.7. The number of amides is 1. The predicted molar refractivity (Wildman–Crippen MR) is 122 cm³/mol. The van der Waals surface area contributed by atoms with Gasteiger partial charge in [0.2, 0.25) is 10.0 Å². The van der Waals surface area contributed by atoms with E-state index in [1.807, 2.05) is 0 Å². The first-order valence-corrected chi connectivity index (χ1v) is 13.5. The summed E-state index contributed by atoms with van der Waals surface area (Å²) in [6.45, 7) is 5.16. The SMILES string of the molecule is CC(C)CCc1ccc(S(=O)(=O)NNC(=O)c2cccc(S(=O)(=O)N3CCCC3)c2)cc1. The van der Waals surface area contributed by atoms with Gasteiger partial charge in [0.1, 0.15) is 0 Å². The number of carbonyl (C=O) groups excluding carboxylic acids is 1. The van der Waals surface area contributed by atoms with Crippen LogP contribution in [-0.2, 0) is 26.5 Å². The fourth-order valence-electron chi connectivity index (χ4n) is 3.41. The van der Waals surface area contributed by atoms with Gasteiger partial charge in [-0.15, -0.1) is 4.83 Å². The summed E-state index contributed by atoms with van der Waals surface area (Å²) in [4.78, 5) is 14.6. The second-order valence-electron chi connectivity index (χ2n) is 8.28. The normalized spacial score (nSPS) is 15.2. The zero-order chi connectivity index (χ0) is 23.4. The molecule has 1 aliphatic rings. The third-order valence-corrected chi connectivity index (χ3v) is 8.50. The number of nitrogens with one attached hydrogen (secondary N) is 2. The smallest absolute Gasteiger partial charge is 0.266 e. The van der Waals surface area contributed by atoms with Gasteiger partial charge in [0, 0.05) is 18.7 Å². The van der Waals surface area contributed by atoms with E-state index in [1.165, 1.54) is 40.7 Å². The molecule has 0 aromatic heterocycles. The summed E-state index contributed by atoms with van der Waals surface area (Å²) in [5, 5.41) is 0. The van der Waals surface area contributed by atoms with Crippen molar-refractivity contribution in [1.29, 1.82) is 0 Å². The Morgan fingerprint density at radius 3 is 2.25 bits per heavy atom. The number of benzene rings is 2. The molecular weight excluding hydrogens is 450 g/mol. The second kappa shape index (κ2) is 10.1. The standard InChI is InChI=1S/C22H29N3O5S2/c1-17(2)8-9-18-10-12-20(13-11-18)31(27,28)24-23-22(26)19-6-5-7-21(16-19)32(29,30)25-14-3-4-15-25/h5-7,10-13,16-17,24H,3-4,8-9,14-15H2,1-2H3,(H,23,26). The molecule has 1 saturated heterocycles. The van der Waals surface area contributed by atoms with Crippen molar-refractivity contribution >= 4 is 26.0 Å². The lowest BCUT2D eigenvalue weighted by molar-refractivity contribution is 0.0945. The summed E-state index contributed by atoms with van der Waals surface area (Å²) < 4.78 is 51.8. The van der Waals surface area contributed by atoms with Gasteiger partial charge in [0.05, 0.1) is 9.79 Å². The van der Waals surface area contributed by atoms with Gasteiger partial charge in [-0.05, 0) is 67.5 Å². The number of nitrogens with zero attached hydrogens (tertiary/aromatic N) is 1. The average molecular weight is 480 g/mol. The first-order chi connectivity index (χ1) is 15.1. The highest BCUT2D eigenvalue weighted by atomic mass is 32.2. The van der Waals surface area contributed by atoms with Crippen molar-refractivity contribution in [3.8, 4) is 0 Å². The summed E-state index contributed by atoms with van der Waals surface area (Å²) in [5.41, 5.74) is 3.23. The summed E-state index contributed by atoms with van der Waals surface area (Å²) in [6.07, 6.45) is 3.48. The molecule has 0 saturated carbocycles. The summed E-state index contributed by atoms with van der Waals surface area (Å²) in [7, 11) is -7.65. The highest BCUT2D eigenvalue weighted by Gasteiger charge is 2.27. The van der Waals surface area contributed by atoms with E-state index in [0.29, 0.717) is 19.0 Å². The molecule has 10 heteroatoms. The van der Waals surface area contributed by atoms with Crippen LogP contribution in [0.25, 0.3) is 0 Å². The van der Waals surface area contributed by atoms with Crippen molar-refractivity contribution in [2.75, 3.05) is 13.1 Å². The fraction of sp³-hybridized carbons (Fsp3) is 0.409. The van der Waals surface area contributed by atoms with E-state index in [4.69, 9.17) is 0 Å². The van der Waals surface area contributed by atoms with Gasteiger partial charge in [0.15, 0.2) is 0 Å². The number of carbonyl (C=O) groups is 1. The maximum Gasteiger partial charge on any atom is 0.266 e. The monoisotopic (exact) mass is 479 g/mol. The Kier molecular flexibility index (Phi) is 7.71. The van der Waals surface area contributed by atoms with Gasteiger partial charge < -0.3 is 0 Å². The van der Waals surface area contributed by atoms with Crippen LogP contribution >= 0.6 is 0 Å². The Bertz CT molecular complexity index is 1150. The summed E-state index contributed by atoms with van der Waals surface area (Å²) in [6, 6.07) is 12.1. The zero-order valence-corrected chi connectivity index (χ0v) is 19.9. The molecule has 1 amide bonds. The van der Waals surface area contributed by atoms with E-state index in [-0.39, 0.29) is 15.4 Å². The van der Waals surface area contributed by atoms with E-state index in [2.05, 4.69) is 24.1 Å². The van der Waals surface area contributed by atoms with Crippen molar-refractivity contribution in [2.45, 2.75) is 49.3 Å². The van der Waals surface area contributed by atoms with Crippen LogP contribution in [0, 0.1) is 5.92 Å². The molecule has 1 heterocycles. The molecule has 0 unspecified atom stereocenters. The van der Waals surface area contributed by atoms with E-state index >= 15 is 0 Å². The van der Waals surface area contributed by atoms with Gasteiger partial charge in [-0.2, -0.15) is 4.31 Å². The minimum atomic E-state index is -3.97. The largest absolute Gasteiger partial charge is 0.273 e. The molecule has 1 fully saturated rings. The Labute approximate surface area is 190 Å². The lowest BCUT2D eigenvalue weighted by Crippen LogP contribution is -2.41. The molecular formula is C22H29N3O5S2. The number of hydrazine groups is 1.